The van der Waals surface area contributed by atoms with E-state index in [1.165, 1.54) is 23.9 Å². The fraction of sp³-hybridized carbons (Fsp3) is 0.412. The zero-order chi connectivity index (χ0) is 16.4. The van der Waals surface area contributed by atoms with Crippen molar-refractivity contribution in [2.75, 3.05) is 5.32 Å². The normalized spacial score (nSPS) is 15.7. The highest BCUT2D eigenvalue weighted by molar-refractivity contribution is 5.91. The maximum Gasteiger partial charge on any atom is 0.248 e. The number of nitrogens with zero attached hydrogens (tertiary/aromatic N) is 5. The number of aromatic nitrogens is 5. The number of benzene rings is 1. The smallest absolute Gasteiger partial charge is 0.248 e. The number of rotatable bonds is 4. The van der Waals surface area contributed by atoms with Gasteiger partial charge in [-0.25, -0.2) is 9.67 Å². The fourth-order valence-electron chi connectivity index (χ4n) is 3.47. The van der Waals surface area contributed by atoms with Gasteiger partial charge in [-0.1, -0.05) is 36.6 Å². The Morgan fingerprint density at radius 3 is 2.83 bits per heavy atom. The van der Waals surface area contributed by atoms with Crippen molar-refractivity contribution >= 4 is 22.9 Å². The third kappa shape index (κ3) is 2.89. The largest absolute Gasteiger partial charge is 0.307 e. The second kappa shape index (κ2) is 6.43. The maximum absolute atomic E-state index is 12.3. The highest BCUT2D eigenvalue weighted by atomic mass is 16.2. The van der Waals surface area contributed by atoms with E-state index in [4.69, 9.17) is 0 Å². The van der Waals surface area contributed by atoms with E-state index in [0.29, 0.717) is 12.0 Å². The van der Waals surface area contributed by atoms with Crippen molar-refractivity contribution in [2.45, 2.75) is 44.7 Å². The minimum Gasteiger partial charge on any atom is -0.307 e. The van der Waals surface area contributed by atoms with Crippen LogP contribution in [-0.4, -0.2) is 30.5 Å². The van der Waals surface area contributed by atoms with Crippen molar-refractivity contribution in [1.82, 2.24) is 24.5 Å². The van der Waals surface area contributed by atoms with Gasteiger partial charge in [-0.2, -0.15) is 0 Å². The van der Waals surface area contributed by atoms with E-state index >= 15 is 0 Å². The second-order valence-electron chi connectivity index (χ2n) is 6.23. The molecule has 2 heterocycles. The van der Waals surface area contributed by atoms with Gasteiger partial charge in [0.25, 0.3) is 0 Å². The highest BCUT2D eigenvalue weighted by Gasteiger charge is 2.22. The van der Waals surface area contributed by atoms with Crippen molar-refractivity contribution < 1.29 is 4.79 Å². The quantitative estimate of drug-likeness (QED) is 0.800. The Morgan fingerprint density at radius 1 is 1.21 bits per heavy atom. The molecule has 2 aromatic heterocycles. The average Bonchev–Trinajstić information content (AvgIpc) is 3.22. The monoisotopic (exact) mass is 324 g/mol. The molecule has 0 radical (unpaired) electrons. The molecule has 0 atom stereocenters. The molecular weight excluding hydrogens is 304 g/mol. The van der Waals surface area contributed by atoms with Gasteiger partial charge in [0.15, 0.2) is 0 Å². The molecule has 0 bridgehead atoms. The van der Waals surface area contributed by atoms with E-state index in [1.807, 2.05) is 18.2 Å². The van der Waals surface area contributed by atoms with Crippen LogP contribution in [0.15, 0.2) is 36.7 Å². The topological polar surface area (TPSA) is 77.6 Å². The first-order valence-corrected chi connectivity index (χ1v) is 8.42. The molecule has 24 heavy (non-hydrogen) atoms. The van der Waals surface area contributed by atoms with Crippen LogP contribution in [0.5, 0.6) is 0 Å². The van der Waals surface area contributed by atoms with Gasteiger partial charge in [0, 0.05) is 12.2 Å². The average molecular weight is 324 g/mol. The molecule has 1 fully saturated rings. The first kappa shape index (κ1) is 14.9. The number of hydrogen-bond donors (Lipinski definition) is 1. The second-order valence-corrected chi connectivity index (χ2v) is 6.23. The molecule has 0 saturated heterocycles. The van der Waals surface area contributed by atoms with Crippen LogP contribution in [0, 0.1) is 0 Å². The van der Waals surface area contributed by atoms with Gasteiger partial charge in [-0.15, -0.1) is 5.10 Å². The summed E-state index contributed by atoms with van der Waals surface area (Å²) in [5, 5.41) is 10.5. The zero-order valence-electron chi connectivity index (χ0n) is 13.4. The number of carbonyl (C=O) groups is 1. The molecule has 0 spiro atoms. The van der Waals surface area contributed by atoms with Crippen LogP contribution in [0.3, 0.4) is 0 Å². The molecular formula is C17H20N6O. The molecule has 0 aliphatic heterocycles. The van der Waals surface area contributed by atoms with Crippen molar-refractivity contribution in [3.63, 3.8) is 0 Å². The van der Waals surface area contributed by atoms with Crippen LogP contribution in [0.1, 0.15) is 38.1 Å². The Labute approximate surface area is 139 Å². The number of hydrogen-bond acceptors (Lipinski definition) is 4. The Balaban J connectivity index is 1.64. The van der Waals surface area contributed by atoms with Crippen LogP contribution in [0.4, 0.5) is 5.95 Å². The molecule has 1 saturated carbocycles. The van der Waals surface area contributed by atoms with Crippen molar-refractivity contribution in [1.29, 1.82) is 0 Å². The van der Waals surface area contributed by atoms with Crippen LogP contribution >= 0.6 is 0 Å². The van der Waals surface area contributed by atoms with E-state index < -0.39 is 0 Å². The minimum absolute atomic E-state index is 0.133. The lowest BCUT2D eigenvalue weighted by atomic mass is 9.95. The van der Waals surface area contributed by atoms with Gasteiger partial charge in [0.2, 0.25) is 11.9 Å². The summed E-state index contributed by atoms with van der Waals surface area (Å²) < 4.78 is 3.71. The summed E-state index contributed by atoms with van der Waals surface area (Å²) in [6, 6.07) is 8.45. The Kier molecular flexibility index (Phi) is 3.98. The molecule has 4 rings (SSSR count). The van der Waals surface area contributed by atoms with Gasteiger partial charge in [0.1, 0.15) is 6.54 Å². The number of carbonyl (C=O) groups excluding carboxylic acids is 1. The molecule has 124 valence electrons. The number of fused-ring (bicyclic) bond motifs is 1. The predicted octanol–water partition coefficient (Wildman–Crippen LogP) is 2.77. The molecule has 7 nitrogen and oxygen atoms in total. The summed E-state index contributed by atoms with van der Waals surface area (Å²) >= 11 is 0. The predicted molar refractivity (Wildman–Crippen MR) is 90.5 cm³/mol. The Morgan fingerprint density at radius 2 is 2.04 bits per heavy atom. The molecule has 0 unspecified atom stereocenters. The number of imidazole rings is 1. The van der Waals surface area contributed by atoms with Crippen molar-refractivity contribution in [3.05, 3.63) is 36.7 Å². The standard InChI is InChI=1S/C17H20N6O/c24-16(12-22-11-10-18-21-22)20-17-19-14-8-4-5-9-15(14)23(17)13-6-2-1-3-7-13/h4-5,8-11,13H,1-3,6-7,12H2,(H,19,20,24). The number of anilines is 1. The third-order valence-electron chi connectivity index (χ3n) is 4.56. The first-order valence-electron chi connectivity index (χ1n) is 8.42. The van der Waals surface area contributed by atoms with Gasteiger partial charge >= 0.3 is 0 Å². The van der Waals surface area contributed by atoms with E-state index in [2.05, 4.69) is 31.2 Å². The number of nitrogens with one attached hydrogen (secondary N) is 1. The van der Waals surface area contributed by atoms with Gasteiger partial charge in [-0.3, -0.25) is 10.1 Å². The summed E-state index contributed by atoms with van der Waals surface area (Å²) in [5.74, 6) is 0.487. The molecule has 1 aromatic carbocycles. The summed E-state index contributed by atoms with van der Waals surface area (Å²) in [7, 11) is 0. The van der Waals surface area contributed by atoms with Crippen molar-refractivity contribution in [2.24, 2.45) is 0 Å². The Bertz CT molecular complexity index is 832. The molecule has 3 aromatic rings. The van der Waals surface area contributed by atoms with E-state index in [-0.39, 0.29) is 12.5 Å². The lowest BCUT2D eigenvalue weighted by Gasteiger charge is -2.25. The van der Waals surface area contributed by atoms with E-state index in [0.717, 1.165) is 23.9 Å². The van der Waals surface area contributed by atoms with E-state index in [1.54, 1.807) is 12.4 Å². The third-order valence-corrected chi connectivity index (χ3v) is 4.56. The van der Waals surface area contributed by atoms with Gasteiger partial charge in [0.05, 0.1) is 17.2 Å². The van der Waals surface area contributed by atoms with Crippen LogP contribution in [-0.2, 0) is 11.3 Å². The number of para-hydroxylation sites is 2. The Hall–Kier alpha value is -2.70. The van der Waals surface area contributed by atoms with Crippen LogP contribution < -0.4 is 5.32 Å². The molecule has 7 heteroatoms. The SMILES string of the molecule is O=C(Cn1ccnn1)Nc1nc2ccccc2n1C1CCCCC1. The lowest BCUT2D eigenvalue weighted by Crippen LogP contribution is -2.23. The maximum atomic E-state index is 12.3. The van der Waals surface area contributed by atoms with E-state index in [9.17, 15) is 4.79 Å². The summed E-state index contributed by atoms with van der Waals surface area (Å²) in [6.07, 6.45) is 9.23. The molecule has 1 amide bonds. The highest BCUT2D eigenvalue weighted by Crippen LogP contribution is 2.34. The molecule has 1 N–H and O–H groups in total. The van der Waals surface area contributed by atoms with Gasteiger partial charge in [-0.05, 0) is 25.0 Å². The summed E-state index contributed by atoms with van der Waals surface area (Å²) in [4.78, 5) is 17.0. The fourth-order valence-corrected chi connectivity index (χ4v) is 3.47. The van der Waals surface area contributed by atoms with Crippen LogP contribution in [0.2, 0.25) is 0 Å². The molecule has 1 aliphatic rings. The molecule has 1 aliphatic carbocycles. The van der Waals surface area contributed by atoms with Crippen LogP contribution in [0.25, 0.3) is 11.0 Å². The minimum atomic E-state index is -0.145. The lowest BCUT2D eigenvalue weighted by molar-refractivity contribution is -0.117. The summed E-state index contributed by atoms with van der Waals surface area (Å²) in [5.41, 5.74) is 2.00. The van der Waals surface area contributed by atoms with Crippen molar-refractivity contribution in [3.8, 4) is 0 Å². The summed E-state index contributed by atoms with van der Waals surface area (Å²) in [6.45, 7) is 0.133. The zero-order valence-corrected chi connectivity index (χ0v) is 13.4. The van der Waals surface area contributed by atoms with Gasteiger partial charge < -0.3 is 4.57 Å². The first-order chi connectivity index (χ1) is 11.8. The number of amides is 1.